The Bertz CT molecular complexity index is 1440. The fourth-order valence-corrected chi connectivity index (χ4v) is 4.78. The topological polar surface area (TPSA) is 121 Å². The maximum atomic E-state index is 13.2. The van der Waals surface area contributed by atoms with Crippen LogP contribution in [-0.2, 0) is 16.0 Å². The molecule has 1 aliphatic heterocycles. The summed E-state index contributed by atoms with van der Waals surface area (Å²) in [6.45, 7) is 0. The molecule has 1 aromatic heterocycles. The zero-order valence-corrected chi connectivity index (χ0v) is 20.4. The van der Waals surface area contributed by atoms with Crippen molar-refractivity contribution >= 4 is 40.1 Å². The Morgan fingerprint density at radius 2 is 1.92 bits per heavy atom. The van der Waals surface area contributed by atoms with Crippen molar-refractivity contribution in [3.8, 4) is 0 Å². The quantitative estimate of drug-likeness (QED) is 0.379. The van der Waals surface area contributed by atoms with Gasteiger partial charge in [-0.2, -0.15) is 0 Å². The Morgan fingerprint density at radius 3 is 2.73 bits per heavy atom. The number of para-hydroxylation sites is 1. The van der Waals surface area contributed by atoms with E-state index in [-0.39, 0.29) is 24.7 Å². The van der Waals surface area contributed by atoms with Gasteiger partial charge in [-0.3, -0.25) is 14.4 Å². The average Bonchev–Trinajstić information content (AvgIpc) is 2.90. The number of fused-ring (bicyclic) bond motifs is 2. The van der Waals surface area contributed by atoms with E-state index in [1.165, 1.54) is 0 Å². The Hall–Kier alpha value is -4.33. The normalized spacial score (nSPS) is 16.6. The molecule has 0 radical (unpaired) electrons. The fraction of sp³-hybridized carbons (Fsp3) is 0.276. The Labute approximate surface area is 214 Å². The molecular weight excluding hydrogens is 468 g/mol. The van der Waals surface area contributed by atoms with Gasteiger partial charge in [0.05, 0.1) is 34.9 Å². The van der Waals surface area contributed by atoms with Crippen LogP contribution in [0.2, 0.25) is 0 Å². The number of rotatable bonds is 8. The van der Waals surface area contributed by atoms with Gasteiger partial charge >= 0.3 is 5.97 Å². The summed E-state index contributed by atoms with van der Waals surface area (Å²) in [5.41, 5.74) is 5.93. The van der Waals surface area contributed by atoms with Gasteiger partial charge in [0.1, 0.15) is 0 Å². The van der Waals surface area contributed by atoms with Gasteiger partial charge in [-0.25, -0.2) is 9.97 Å². The van der Waals surface area contributed by atoms with E-state index in [1.807, 2.05) is 24.3 Å². The number of allylic oxidation sites excluding steroid dienone is 4. The van der Waals surface area contributed by atoms with E-state index in [2.05, 4.69) is 28.9 Å². The number of aliphatic carboxylic acids is 1. The number of carbonyl (C=O) groups excluding carboxylic acids is 2. The molecule has 5 rings (SSSR count). The summed E-state index contributed by atoms with van der Waals surface area (Å²) in [5, 5.41) is 14.8. The number of hydrogen-bond acceptors (Lipinski definition) is 5. The van der Waals surface area contributed by atoms with Crippen molar-refractivity contribution in [2.75, 3.05) is 5.32 Å². The van der Waals surface area contributed by atoms with Crippen LogP contribution < -0.4 is 10.6 Å². The predicted octanol–water partition coefficient (Wildman–Crippen LogP) is 4.97. The zero-order chi connectivity index (χ0) is 25.8. The number of carboxylic acid groups (broad SMARTS) is 1. The van der Waals surface area contributed by atoms with E-state index in [4.69, 9.17) is 15.1 Å². The third-order valence-electron chi connectivity index (χ3n) is 6.63. The number of nitrogens with zero attached hydrogens (tertiary/aromatic N) is 2. The SMILES string of the molecule is O=C(O)CCCCc1nc2cc(C(=O)NC3CC(=O)Nc4ccccc43)ccc2nc1C1=CCCC=C1. The molecule has 0 fully saturated rings. The second-order valence-electron chi connectivity index (χ2n) is 9.33. The molecule has 8 nitrogen and oxygen atoms in total. The van der Waals surface area contributed by atoms with Gasteiger partial charge in [0.2, 0.25) is 5.91 Å². The molecule has 8 heteroatoms. The summed E-state index contributed by atoms with van der Waals surface area (Å²) in [6, 6.07) is 12.3. The molecule has 1 atom stereocenters. The number of anilines is 1. The lowest BCUT2D eigenvalue weighted by Gasteiger charge is -2.26. The number of aryl methyl sites for hydroxylation is 1. The first-order valence-corrected chi connectivity index (χ1v) is 12.6. The molecule has 3 aromatic rings. The first-order chi connectivity index (χ1) is 18.0. The molecule has 37 heavy (non-hydrogen) atoms. The second kappa shape index (κ2) is 10.7. The van der Waals surface area contributed by atoms with Crippen molar-refractivity contribution in [2.45, 2.75) is 51.0 Å². The Kier molecular flexibility index (Phi) is 7.07. The lowest BCUT2D eigenvalue weighted by atomic mass is 9.97. The summed E-state index contributed by atoms with van der Waals surface area (Å²) in [7, 11) is 0. The van der Waals surface area contributed by atoms with Crippen LogP contribution >= 0.6 is 0 Å². The molecule has 2 heterocycles. The maximum absolute atomic E-state index is 13.2. The van der Waals surface area contributed by atoms with E-state index in [0.29, 0.717) is 41.5 Å². The first kappa shape index (κ1) is 24.4. The van der Waals surface area contributed by atoms with Gasteiger partial charge < -0.3 is 15.7 Å². The van der Waals surface area contributed by atoms with Crippen LogP contribution in [-0.4, -0.2) is 32.9 Å². The van der Waals surface area contributed by atoms with E-state index in [9.17, 15) is 14.4 Å². The van der Waals surface area contributed by atoms with Crippen LogP contribution in [0.3, 0.4) is 0 Å². The summed E-state index contributed by atoms with van der Waals surface area (Å²) < 4.78 is 0. The second-order valence-corrected chi connectivity index (χ2v) is 9.33. The molecule has 2 aromatic carbocycles. The molecular formula is C29H28N4O4. The molecule has 0 saturated heterocycles. The van der Waals surface area contributed by atoms with Crippen molar-refractivity contribution in [1.82, 2.24) is 15.3 Å². The fourth-order valence-electron chi connectivity index (χ4n) is 4.78. The van der Waals surface area contributed by atoms with E-state index in [1.54, 1.807) is 18.2 Å². The zero-order valence-electron chi connectivity index (χ0n) is 20.4. The third kappa shape index (κ3) is 5.58. The number of aromatic nitrogens is 2. The summed E-state index contributed by atoms with van der Waals surface area (Å²) in [5.74, 6) is -1.24. The van der Waals surface area contributed by atoms with Crippen molar-refractivity contribution in [2.24, 2.45) is 0 Å². The highest BCUT2D eigenvalue weighted by Gasteiger charge is 2.26. The minimum absolute atomic E-state index is 0.117. The minimum atomic E-state index is -0.809. The van der Waals surface area contributed by atoms with Gasteiger partial charge in [0, 0.05) is 17.7 Å². The number of nitrogens with one attached hydrogen (secondary N) is 2. The minimum Gasteiger partial charge on any atom is -0.481 e. The molecule has 3 N–H and O–H groups in total. The van der Waals surface area contributed by atoms with Gasteiger partial charge in [-0.1, -0.05) is 36.4 Å². The lowest BCUT2D eigenvalue weighted by Crippen LogP contribution is -2.35. The molecule has 1 unspecified atom stereocenters. The lowest BCUT2D eigenvalue weighted by molar-refractivity contribution is -0.137. The van der Waals surface area contributed by atoms with Crippen LogP contribution in [0.4, 0.5) is 5.69 Å². The Morgan fingerprint density at radius 1 is 1.05 bits per heavy atom. The third-order valence-corrected chi connectivity index (χ3v) is 6.63. The van der Waals surface area contributed by atoms with Crippen LogP contribution in [0, 0.1) is 0 Å². The molecule has 1 aliphatic carbocycles. The molecule has 2 amide bonds. The highest BCUT2D eigenvalue weighted by atomic mass is 16.4. The van der Waals surface area contributed by atoms with E-state index < -0.39 is 12.0 Å². The van der Waals surface area contributed by atoms with Gasteiger partial charge in [0.15, 0.2) is 0 Å². The number of hydrogen-bond donors (Lipinski definition) is 3. The number of amides is 2. The van der Waals surface area contributed by atoms with Crippen LogP contribution in [0.15, 0.2) is 60.7 Å². The van der Waals surface area contributed by atoms with Crippen LogP contribution in [0.25, 0.3) is 16.6 Å². The maximum Gasteiger partial charge on any atom is 0.303 e. The molecule has 0 bridgehead atoms. The van der Waals surface area contributed by atoms with Gasteiger partial charge in [-0.05, 0) is 67.5 Å². The summed E-state index contributed by atoms with van der Waals surface area (Å²) in [4.78, 5) is 46.0. The predicted molar refractivity (Wildman–Crippen MR) is 141 cm³/mol. The summed E-state index contributed by atoms with van der Waals surface area (Å²) >= 11 is 0. The summed E-state index contributed by atoms with van der Waals surface area (Å²) in [6.07, 6.45) is 10.4. The first-order valence-electron chi connectivity index (χ1n) is 12.6. The Balaban J connectivity index is 1.42. The number of carbonyl (C=O) groups is 3. The number of carboxylic acids is 1. The van der Waals surface area contributed by atoms with Crippen molar-refractivity contribution < 1.29 is 19.5 Å². The van der Waals surface area contributed by atoms with Gasteiger partial charge in [0.25, 0.3) is 5.91 Å². The monoisotopic (exact) mass is 496 g/mol. The van der Waals surface area contributed by atoms with E-state index >= 15 is 0 Å². The smallest absolute Gasteiger partial charge is 0.303 e. The highest BCUT2D eigenvalue weighted by Crippen LogP contribution is 2.31. The van der Waals surface area contributed by atoms with Crippen molar-refractivity contribution in [3.05, 3.63) is 83.2 Å². The highest BCUT2D eigenvalue weighted by molar-refractivity contribution is 6.00. The molecule has 0 spiro atoms. The largest absolute Gasteiger partial charge is 0.481 e. The number of unbranched alkanes of at least 4 members (excludes halogenated alkanes) is 1. The van der Waals surface area contributed by atoms with Crippen molar-refractivity contribution in [1.29, 1.82) is 0 Å². The van der Waals surface area contributed by atoms with Crippen molar-refractivity contribution in [3.63, 3.8) is 0 Å². The standard InChI is InChI=1S/C29H28N4O4/c34-26-17-24(20-10-4-5-11-21(20)31-26)33-29(37)19-14-15-22-25(16-19)30-23(12-6-7-13-27(35)36)28(32-22)18-8-2-1-3-9-18/h2,4-5,8-11,14-16,24H,1,3,6-7,12-13,17H2,(H,31,34)(H,33,37)(H,35,36). The van der Waals surface area contributed by atoms with Crippen LogP contribution in [0.5, 0.6) is 0 Å². The van der Waals surface area contributed by atoms with Crippen LogP contribution in [0.1, 0.15) is 71.9 Å². The average molecular weight is 497 g/mol. The molecule has 0 saturated carbocycles. The number of benzene rings is 2. The van der Waals surface area contributed by atoms with E-state index in [0.717, 1.165) is 35.4 Å². The van der Waals surface area contributed by atoms with Gasteiger partial charge in [-0.15, -0.1) is 0 Å². The molecule has 2 aliphatic rings. The molecule has 188 valence electrons.